The Kier molecular flexibility index (Phi) is 6.38. The standard InChI is InChI=1S/C13H24N2Si/c1-4-12(3)16(15-11-14-5-2)13-9-7-6-8-10-13/h6-10,12,14-16H,4-5,11H2,1-3H3. The average molecular weight is 236 g/mol. The summed E-state index contributed by atoms with van der Waals surface area (Å²) in [6.07, 6.45) is 1.25. The fourth-order valence-corrected chi connectivity index (χ4v) is 4.62. The molecule has 0 spiro atoms. The zero-order valence-electron chi connectivity index (χ0n) is 10.7. The zero-order chi connectivity index (χ0) is 11.8. The first-order chi connectivity index (χ1) is 7.79. The van der Waals surface area contributed by atoms with Crippen molar-refractivity contribution in [1.82, 2.24) is 10.3 Å². The summed E-state index contributed by atoms with van der Waals surface area (Å²) in [5, 5.41) is 4.87. The summed E-state index contributed by atoms with van der Waals surface area (Å²) >= 11 is 0. The maximum absolute atomic E-state index is 3.72. The molecule has 0 heterocycles. The molecule has 0 amide bonds. The van der Waals surface area contributed by atoms with Gasteiger partial charge in [0.05, 0.1) is 0 Å². The second-order valence-corrected chi connectivity index (χ2v) is 7.43. The van der Waals surface area contributed by atoms with Gasteiger partial charge in [0.2, 0.25) is 0 Å². The van der Waals surface area contributed by atoms with Crippen LogP contribution in [0.3, 0.4) is 0 Å². The van der Waals surface area contributed by atoms with E-state index in [0.29, 0.717) is 0 Å². The summed E-state index contributed by atoms with van der Waals surface area (Å²) in [4.78, 5) is 3.72. The van der Waals surface area contributed by atoms with E-state index in [1.165, 1.54) is 11.6 Å². The van der Waals surface area contributed by atoms with Crippen LogP contribution in [0.2, 0.25) is 5.54 Å². The molecule has 0 saturated heterocycles. The SMILES string of the molecule is CCNCN[SiH](c1ccccc1)C(C)CC. The molecule has 2 unspecified atom stereocenters. The summed E-state index contributed by atoms with van der Waals surface area (Å²) in [7, 11) is -1.03. The second-order valence-electron chi connectivity index (χ2n) is 4.26. The van der Waals surface area contributed by atoms with Crippen LogP contribution in [0.15, 0.2) is 30.3 Å². The molecule has 2 N–H and O–H groups in total. The third-order valence-electron chi connectivity index (χ3n) is 3.07. The normalized spacial score (nSPS) is 14.7. The monoisotopic (exact) mass is 236 g/mol. The van der Waals surface area contributed by atoms with Crippen molar-refractivity contribution in [3.63, 3.8) is 0 Å². The highest BCUT2D eigenvalue weighted by atomic mass is 28.3. The Balaban J connectivity index is 2.64. The van der Waals surface area contributed by atoms with Gasteiger partial charge in [-0.05, 0) is 17.3 Å². The van der Waals surface area contributed by atoms with E-state index < -0.39 is 8.96 Å². The van der Waals surface area contributed by atoms with Crippen LogP contribution < -0.4 is 15.5 Å². The fraction of sp³-hybridized carbons (Fsp3) is 0.538. The van der Waals surface area contributed by atoms with E-state index >= 15 is 0 Å². The average Bonchev–Trinajstić information content (AvgIpc) is 2.35. The molecule has 0 saturated carbocycles. The molecule has 0 aromatic heterocycles. The maximum Gasteiger partial charge on any atom is 0.144 e. The minimum Gasteiger partial charge on any atom is -0.324 e. The Morgan fingerprint density at radius 3 is 2.44 bits per heavy atom. The van der Waals surface area contributed by atoms with Crippen molar-refractivity contribution in [3.05, 3.63) is 30.3 Å². The van der Waals surface area contributed by atoms with Crippen LogP contribution in [0.4, 0.5) is 0 Å². The lowest BCUT2D eigenvalue weighted by molar-refractivity contribution is 0.689. The van der Waals surface area contributed by atoms with Gasteiger partial charge in [-0.2, -0.15) is 0 Å². The summed E-state index contributed by atoms with van der Waals surface area (Å²) in [5.74, 6) is 0. The van der Waals surface area contributed by atoms with Gasteiger partial charge in [0.15, 0.2) is 0 Å². The number of benzene rings is 1. The van der Waals surface area contributed by atoms with Gasteiger partial charge in [-0.1, -0.05) is 57.5 Å². The second kappa shape index (κ2) is 7.60. The Hall–Kier alpha value is -0.643. The van der Waals surface area contributed by atoms with Gasteiger partial charge in [0, 0.05) is 6.67 Å². The van der Waals surface area contributed by atoms with Crippen LogP contribution in [0, 0.1) is 0 Å². The molecular formula is C13H24N2Si. The number of rotatable bonds is 7. The van der Waals surface area contributed by atoms with Crippen LogP contribution in [0.1, 0.15) is 27.2 Å². The molecule has 1 aromatic rings. The van der Waals surface area contributed by atoms with Gasteiger partial charge in [0.25, 0.3) is 0 Å². The number of nitrogens with one attached hydrogen (secondary N) is 2. The first-order valence-electron chi connectivity index (χ1n) is 6.28. The molecule has 3 heteroatoms. The van der Waals surface area contributed by atoms with E-state index in [2.05, 4.69) is 61.4 Å². The van der Waals surface area contributed by atoms with Crippen molar-refractivity contribution in [2.24, 2.45) is 0 Å². The molecule has 1 rings (SSSR count). The predicted molar refractivity (Wildman–Crippen MR) is 74.6 cm³/mol. The molecule has 90 valence electrons. The van der Waals surface area contributed by atoms with E-state index in [0.717, 1.165) is 18.8 Å². The van der Waals surface area contributed by atoms with Crippen LogP contribution >= 0.6 is 0 Å². The van der Waals surface area contributed by atoms with Crippen molar-refractivity contribution in [1.29, 1.82) is 0 Å². The van der Waals surface area contributed by atoms with Gasteiger partial charge in [0.1, 0.15) is 8.96 Å². The molecule has 0 aliphatic carbocycles. The maximum atomic E-state index is 3.72. The Bertz CT molecular complexity index is 277. The van der Waals surface area contributed by atoms with Crippen LogP contribution in [-0.2, 0) is 0 Å². The van der Waals surface area contributed by atoms with Gasteiger partial charge < -0.3 is 10.3 Å². The van der Waals surface area contributed by atoms with Gasteiger partial charge in [-0.3, -0.25) is 0 Å². The van der Waals surface area contributed by atoms with E-state index in [4.69, 9.17) is 0 Å². The summed E-state index contributed by atoms with van der Waals surface area (Å²) in [6, 6.07) is 10.9. The first kappa shape index (κ1) is 13.4. The van der Waals surface area contributed by atoms with Crippen molar-refractivity contribution in [2.45, 2.75) is 32.7 Å². The van der Waals surface area contributed by atoms with Crippen LogP contribution in [0.25, 0.3) is 0 Å². The highest BCUT2D eigenvalue weighted by molar-refractivity contribution is 6.72. The Morgan fingerprint density at radius 2 is 1.88 bits per heavy atom. The largest absolute Gasteiger partial charge is 0.324 e. The predicted octanol–water partition coefficient (Wildman–Crippen LogP) is 1.57. The van der Waals surface area contributed by atoms with Gasteiger partial charge >= 0.3 is 0 Å². The van der Waals surface area contributed by atoms with Crippen LogP contribution in [-0.4, -0.2) is 22.2 Å². The molecule has 0 aliphatic heterocycles. The van der Waals surface area contributed by atoms with Gasteiger partial charge in [-0.25, -0.2) is 0 Å². The van der Waals surface area contributed by atoms with E-state index in [1.54, 1.807) is 0 Å². The quantitative estimate of drug-likeness (QED) is 0.427. The molecule has 0 aliphatic rings. The molecule has 16 heavy (non-hydrogen) atoms. The van der Waals surface area contributed by atoms with E-state index in [1.807, 2.05) is 0 Å². The lowest BCUT2D eigenvalue weighted by atomic mass is 10.4. The highest BCUT2D eigenvalue weighted by Crippen LogP contribution is 2.11. The smallest absolute Gasteiger partial charge is 0.144 e. The third kappa shape index (κ3) is 4.08. The van der Waals surface area contributed by atoms with Crippen molar-refractivity contribution in [3.8, 4) is 0 Å². The molecule has 0 bridgehead atoms. The summed E-state index contributed by atoms with van der Waals surface area (Å²) in [5.41, 5.74) is 0.793. The first-order valence-corrected chi connectivity index (χ1v) is 8.10. The van der Waals surface area contributed by atoms with Crippen molar-refractivity contribution >= 4 is 14.1 Å². The minimum absolute atomic E-state index is 0.793. The molecule has 2 atom stereocenters. The van der Waals surface area contributed by atoms with Crippen LogP contribution in [0.5, 0.6) is 0 Å². The topological polar surface area (TPSA) is 24.1 Å². The number of hydrogen-bond acceptors (Lipinski definition) is 2. The zero-order valence-corrected chi connectivity index (χ0v) is 11.8. The van der Waals surface area contributed by atoms with E-state index in [9.17, 15) is 0 Å². The van der Waals surface area contributed by atoms with E-state index in [-0.39, 0.29) is 0 Å². The fourth-order valence-electron chi connectivity index (χ4n) is 1.85. The Morgan fingerprint density at radius 1 is 1.19 bits per heavy atom. The summed E-state index contributed by atoms with van der Waals surface area (Å²) < 4.78 is 0. The van der Waals surface area contributed by atoms with Gasteiger partial charge in [-0.15, -0.1) is 0 Å². The van der Waals surface area contributed by atoms with Crippen molar-refractivity contribution < 1.29 is 0 Å². The molecule has 0 fully saturated rings. The summed E-state index contributed by atoms with van der Waals surface area (Å²) in [6.45, 7) is 8.76. The van der Waals surface area contributed by atoms with Crippen molar-refractivity contribution in [2.75, 3.05) is 13.2 Å². The lowest BCUT2D eigenvalue weighted by Crippen LogP contribution is -2.50. The minimum atomic E-state index is -1.03. The molecular weight excluding hydrogens is 212 g/mol. The third-order valence-corrected chi connectivity index (χ3v) is 6.43. The molecule has 2 nitrogen and oxygen atoms in total. The molecule has 1 aromatic carbocycles. The lowest BCUT2D eigenvalue weighted by Gasteiger charge is -2.23. The Labute approximate surface area is 101 Å². The highest BCUT2D eigenvalue weighted by Gasteiger charge is 2.18. The molecule has 0 radical (unpaired) electrons. The number of hydrogen-bond donors (Lipinski definition) is 2.